The van der Waals surface area contributed by atoms with Gasteiger partial charge in [-0.3, -0.25) is 0 Å². The van der Waals surface area contributed by atoms with Crippen LogP contribution in [0, 0.1) is 0 Å². The average molecular weight is 377 g/mol. The van der Waals surface area contributed by atoms with Crippen molar-refractivity contribution < 1.29 is 37.2 Å². The molecular formula is C13H25ClO8S. The molecule has 5 atom stereocenters. The summed E-state index contributed by atoms with van der Waals surface area (Å²) in [5, 5.41) is 9.71. The first kappa shape index (κ1) is 21.0. The lowest BCUT2D eigenvalue weighted by Crippen LogP contribution is -2.56. The molecular weight excluding hydrogens is 352 g/mol. The summed E-state index contributed by atoms with van der Waals surface area (Å²) in [7, 11) is 4.44. The Labute approximate surface area is 141 Å². The van der Waals surface area contributed by atoms with Gasteiger partial charge in [-0.25, -0.2) is 8.42 Å². The molecule has 10 heteroatoms. The number of fused-ring (bicyclic) bond motifs is 1. The standard InChI is InChI=1S/C12H22O6.CH3ClO2S/c1-7(14-4)12(6-13)9(15-5)8-10(18-12)17-11(2,3)16-8;1-5(2,3)4/h7-10,13H,6H2,1-5H3;1H3/t7-,8+,9-,10-,12+;/m0./s1. The fraction of sp³-hybridized carbons (Fsp3) is 1.00. The zero-order valence-corrected chi connectivity index (χ0v) is 15.7. The van der Waals surface area contributed by atoms with Crippen molar-refractivity contribution in [3.8, 4) is 0 Å². The molecule has 23 heavy (non-hydrogen) atoms. The van der Waals surface area contributed by atoms with Gasteiger partial charge in [0.15, 0.2) is 12.1 Å². The van der Waals surface area contributed by atoms with Crippen LogP contribution >= 0.6 is 10.7 Å². The Kier molecular flexibility index (Phi) is 6.85. The van der Waals surface area contributed by atoms with E-state index in [2.05, 4.69) is 10.7 Å². The van der Waals surface area contributed by atoms with Crippen molar-refractivity contribution in [1.82, 2.24) is 0 Å². The summed E-state index contributed by atoms with van der Waals surface area (Å²) in [5.74, 6) is -0.704. The molecule has 8 nitrogen and oxygen atoms in total. The van der Waals surface area contributed by atoms with Crippen molar-refractivity contribution in [3.63, 3.8) is 0 Å². The molecule has 2 rings (SSSR count). The summed E-state index contributed by atoms with van der Waals surface area (Å²) in [6.07, 6.45) is -0.767. The van der Waals surface area contributed by atoms with E-state index in [4.69, 9.17) is 23.7 Å². The highest BCUT2D eigenvalue weighted by Gasteiger charge is 2.64. The summed E-state index contributed by atoms with van der Waals surface area (Å²) >= 11 is 0. The fourth-order valence-electron chi connectivity index (χ4n) is 2.73. The molecule has 0 aliphatic carbocycles. The zero-order valence-electron chi connectivity index (χ0n) is 14.1. The number of halogens is 1. The van der Waals surface area contributed by atoms with Crippen LogP contribution in [0.15, 0.2) is 0 Å². The maximum absolute atomic E-state index is 9.71. The molecule has 2 saturated heterocycles. The molecule has 2 aliphatic rings. The molecule has 0 amide bonds. The van der Waals surface area contributed by atoms with Gasteiger partial charge in [0.1, 0.15) is 17.8 Å². The van der Waals surface area contributed by atoms with Crippen LogP contribution in [-0.2, 0) is 32.7 Å². The Morgan fingerprint density at radius 3 is 2.17 bits per heavy atom. The summed E-state index contributed by atoms with van der Waals surface area (Å²) < 4.78 is 46.9. The van der Waals surface area contributed by atoms with Gasteiger partial charge in [0.2, 0.25) is 9.05 Å². The van der Waals surface area contributed by atoms with Gasteiger partial charge in [0.05, 0.1) is 19.0 Å². The van der Waals surface area contributed by atoms with Gasteiger partial charge in [-0.05, 0) is 20.8 Å². The summed E-state index contributed by atoms with van der Waals surface area (Å²) in [6.45, 7) is 5.25. The molecule has 0 unspecified atom stereocenters. The molecule has 0 aromatic carbocycles. The van der Waals surface area contributed by atoms with Crippen LogP contribution in [0.5, 0.6) is 0 Å². The third-order valence-corrected chi connectivity index (χ3v) is 3.75. The molecule has 0 spiro atoms. The van der Waals surface area contributed by atoms with E-state index in [1.165, 1.54) is 0 Å². The molecule has 0 aromatic heterocycles. The van der Waals surface area contributed by atoms with Crippen LogP contribution < -0.4 is 0 Å². The molecule has 1 N–H and O–H groups in total. The Balaban J connectivity index is 0.000000463. The van der Waals surface area contributed by atoms with Crippen molar-refractivity contribution >= 4 is 19.7 Å². The van der Waals surface area contributed by atoms with Gasteiger partial charge in [-0.1, -0.05) is 0 Å². The van der Waals surface area contributed by atoms with Crippen molar-refractivity contribution in [2.24, 2.45) is 0 Å². The Morgan fingerprint density at radius 2 is 1.78 bits per heavy atom. The number of hydrogen-bond donors (Lipinski definition) is 1. The Bertz CT molecular complexity index is 488. The molecule has 2 heterocycles. The van der Waals surface area contributed by atoms with Crippen LogP contribution in [0.1, 0.15) is 20.8 Å². The Hall–Kier alpha value is -0.0000000000000000555. The van der Waals surface area contributed by atoms with Gasteiger partial charge in [-0.2, -0.15) is 0 Å². The predicted octanol–water partition coefficient (Wildman–Crippen LogP) is 0.460. The van der Waals surface area contributed by atoms with Crippen LogP contribution in [0.25, 0.3) is 0 Å². The van der Waals surface area contributed by atoms with Gasteiger partial charge >= 0.3 is 0 Å². The highest BCUT2D eigenvalue weighted by Crippen LogP contribution is 2.45. The van der Waals surface area contributed by atoms with Gasteiger partial charge in [-0.15, -0.1) is 0 Å². The summed E-state index contributed by atoms with van der Waals surface area (Å²) in [6, 6.07) is 0. The smallest absolute Gasteiger partial charge is 0.229 e. The lowest BCUT2D eigenvalue weighted by molar-refractivity contribution is -0.268. The van der Waals surface area contributed by atoms with Gasteiger partial charge in [0, 0.05) is 24.9 Å². The van der Waals surface area contributed by atoms with Gasteiger partial charge < -0.3 is 28.8 Å². The van der Waals surface area contributed by atoms with Crippen LogP contribution in [-0.4, -0.2) is 76.6 Å². The Morgan fingerprint density at radius 1 is 1.26 bits per heavy atom. The molecule has 0 radical (unpaired) electrons. The van der Waals surface area contributed by atoms with Crippen LogP contribution in [0.4, 0.5) is 0 Å². The maximum Gasteiger partial charge on any atom is 0.229 e. The quantitative estimate of drug-likeness (QED) is 0.706. The van der Waals surface area contributed by atoms with Gasteiger partial charge in [0.25, 0.3) is 0 Å². The predicted molar refractivity (Wildman–Crippen MR) is 82.7 cm³/mol. The molecule has 0 bridgehead atoms. The van der Waals surface area contributed by atoms with Crippen molar-refractivity contribution in [3.05, 3.63) is 0 Å². The summed E-state index contributed by atoms with van der Waals surface area (Å²) in [4.78, 5) is 0. The number of methoxy groups -OCH3 is 2. The van der Waals surface area contributed by atoms with E-state index in [9.17, 15) is 13.5 Å². The lowest BCUT2D eigenvalue weighted by Gasteiger charge is -2.38. The lowest BCUT2D eigenvalue weighted by atomic mass is 9.90. The zero-order chi connectivity index (χ0) is 18.1. The minimum atomic E-state index is -3.19. The van der Waals surface area contributed by atoms with E-state index < -0.39 is 32.8 Å². The highest BCUT2D eigenvalue weighted by molar-refractivity contribution is 8.13. The normalized spacial score (nSPS) is 37.0. The van der Waals surface area contributed by atoms with Crippen molar-refractivity contribution in [2.45, 2.75) is 56.8 Å². The third kappa shape index (κ3) is 4.99. The minimum Gasteiger partial charge on any atom is -0.393 e. The fourth-order valence-corrected chi connectivity index (χ4v) is 2.73. The summed E-state index contributed by atoms with van der Waals surface area (Å²) in [5.41, 5.74) is -0.963. The molecule has 0 aromatic rings. The number of hydrogen-bond acceptors (Lipinski definition) is 8. The van der Waals surface area contributed by atoms with E-state index >= 15 is 0 Å². The highest BCUT2D eigenvalue weighted by atomic mass is 35.7. The maximum atomic E-state index is 9.71. The van der Waals surface area contributed by atoms with E-state index in [-0.39, 0.29) is 18.8 Å². The average Bonchev–Trinajstić information content (AvgIpc) is 2.84. The van der Waals surface area contributed by atoms with Crippen molar-refractivity contribution in [1.29, 1.82) is 0 Å². The second-order valence-corrected chi connectivity index (χ2v) is 8.96. The SMILES string of the molecule is CO[C@@H](C)[C@@]1(CO)O[C@@H]2OC(C)(C)O[C@@H]2[C@@H]1OC.CS(=O)(=O)Cl. The second kappa shape index (κ2) is 7.49. The topological polar surface area (TPSA) is 101 Å². The second-order valence-electron chi connectivity index (χ2n) is 5.92. The number of aliphatic hydroxyl groups is 1. The minimum absolute atomic E-state index is 0.222. The van der Waals surface area contributed by atoms with E-state index in [0.29, 0.717) is 0 Å². The molecule has 0 saturated carbocycles. The van der Waals surface area contributed by atoms with Crippen molar-refractivity contribution in [2.75, 3.05) is 27.1 Å². The first-order valence-electron chi connectivity index (χ1n) is 6.99. The molecule has 2 fully saturated rings. The van der Waals surface area contributed by atoms with E-state index in [0.717, 1.165) is 6.26 Å². The number of rotatable bonds is 4. The van der Waals surface area contributed by atoms with Crippen LogP contribution in [0.2, 0.25) is 0 Å². The number of ether oxygens (including phenoxy) is 5. The largest absolute Gasteiger partial charge is 0.393 e. The third-order valence-electron chi connectivity index (χ3n) is 3.75. The first-order valence-corrected chi connectivity index (χ1v) is 9.71. The monoisotopic (exact) mass is 376 g/mol. The number of aliphatic hydroxyl groups excluding tert-OH is 1. The van der Waals surface area contributed by atoms with E-state index in [1.54, 1.807) is 14.2 Å². The molecule has 138 valence electrons. The van der Waals surface area contributed by atoms with Crippen LogP contribution in [0.3, 0.4) is 0 Å². The van der Waals surface area contributed by atoms with E-state index in [1.807, 2.05) is 20.8 Å². The first-order chi connectivity index (χ1) is 10.4. The molecule has 2 aliphatic heterocycles.